The number of allylic oxidation sites excluding steroid dienone is 1. The van der Waals surface area contributed by atoms with Crippen LogP contribution in [0.5, 0.6) is 0 Å². The van der Waals surface area contributed by atoms with E-state index >= 15 is 0 Å². The number of benzene rings is 1. The maximum Gasteiger partial charge on any atom is 0.279 e. The summed E-state index contributed by atoms with van der Waals surface area (Å²) in [5, 5.41) is 10.3. The molecule has 4 nitrogen and oxygen atoms in total. The standard InChI is InChI=1S/C16H9N3OS/c17-10-12(9-11-5-7-18-8-6-11)16-19-15(20)13-3-1-2-4-14(13)21-16/h1-9H/b12-9+. The highest BCUT2D eigenvalue weighted by Crippen LogP contribution is 2.23. The zero-order valence-electron chi connectivity index (χ0n) is 10.9. The van der Waals surface area contributed by atoms with E-state index in [9.17, 15) is 10.1 Å². The summed E-state index contributed by atoms with van der Waals surface area (Å²) in [6, 6.07) is 13.0. The lowest BCUT2D eigenvalue weighted by Crippen LogP contribution is -2.07. The van der Waals surface area contributed by atoms with Crippen molar-refractivity contribution in [2.24, 2.45) is 0 Å². The first-order valence-corrected chi connectivity index (χ1v) is 7.01. The van der Waals surface area contributed by atoms with Crippen molar-refractivity contribution in [2.75, 3.05) is 0 Å². The number of nitrogens with zero attached hydrogens (tertiary/aromatic N) is 3. The normalized spacial score (nSPS) is 11.3. The number of fused-ring (bicyclic) bond motifs is 1. The molecule has 0 N–H and O–H groups in total. The summed E-state index contributed by atoms with van der Waals surface area (Å²) >= 11 is 1.34. The van der Waals surface area contributed by atoms with Gasteiger partial charge < -0.3 is 0 Å². The van der Waals surface area contributed by atoms with Crippen molar-refractivity contribution in [3.8, 4) is 6.07 Å². The van der Waals surface area contributed by atoms with Crippen LogP contribution in [0.2, 0.25) is 0 Å². The van der Waals surface area contributed by atoms with Crippen LogP contribution in [0, 0.1) is 11.3 Å². The van der Waals surface area contributed by atoms with Crippen LogP contribution in [0.4, 0.5) is 0 Å². The molecule has 0 aliphatic heterocycles. The van der Waals surface area contributed by atoms with E-state index in [0.717, 1.165) is 10.3 Å². The van der Waals surface area contributed by atoms with Crippen molar-refractivity contribution in [1.29, 1.82) is 5.26 Å². The fraction of sp³-hybridized carbons (Fsp3) is 0. The molecule has 0 unspecified atom stereocenters. The smallest absolute Gasteiger partial charge is 0.267 e. The van der Waals surface area contributed by atoms with Gasteiger partial charge in [0.15, 0.2) is 0 Å². The second kappa shape index (κ2) is 5.65. The van der Waals surface area contributed by atoms with Crippen molar-refractivity contribution < 1.29 is 0 Å². The zero-order chi connectivity index (χ0) is 14.7. The first-order chi connectivity index (χ1) is 10.3. The van der Waals surface area contributed by atoms with Gasteiger partial charge in [0.05, 0.1) is 11.0 Å². The van der Waals surface area contributed by atoms with Crippen LogP contribution in [0.15, 0.2) is 53.6 Å². The van der Waals surface area contributed by atoms with E-state index in [4.69, 9.17) is 0 Å². The number of nitriles is 1. The molecular weight excluding hydrogens is 282 g/mol. The molecule has 0 saturated carbocycles. The summed E-state index contributed by atoms with van der Waals surface area (Å²) in [4.78, 5) is 20.0. The topological polar surface area (TPSA) is 66.6 Å². The molecule has 0 aliphatic carbocycles. The molecule has 0 radical (unpaired) electrons. The summed E-state index contributed by atoms with van der Waals surface area (Å²) in [5.74, 6) is 0. The van der Waals surface area contributed by atoms with Gasteiger partial charge in [-0.15, -0.1) is 11.3 Å². The SMILES string of the molecule is N#C/C(=C\c1ccncc1)c1nc(=O)c2ccccc2s1. The Morgan fingerprint density at radius 2 is 1.95 bits per heavy atom. The van der Waals surface area contributed by atoms with Crippen LogP contribution >= 0.6 is 11.3 Å². The number of rotatable bonds is 2. The van der Waals surface area contributed by atoms with Gasteiger partial charge in [0.1, 0.15) is 11.1 Å². The Kier molecular flexibility index (Phi) is 3.54. The highest BCUT2D eigenvalue weighted by atomic mass is 32.1. The van der Waals surface area contributed by atoms with E-state index in [-0.39, 0.29) is 5.56 Å². The Labute approximate surface area is 124 Å². The van der Waals surface area contributed by atoms with Crippen molar-refractivity contribution in [2.45, 2.75) is 0 Å². The fourth-order valence-corrected chi connectivity index (χ4v) is 2.86. The fourth-order valence-electron chi connectivity index (χ4n) is 1.90. The van der Waals surface area contributed by atoms with Gasteiger partial charge in [0, 0.05) is 17.1 Å². The molecule has 0 atom stereocenters. The number of hydrogen-bond donors (Lipinski definition) is 0. The van der Waals surface area contributed by atoms with Gasteiger partial charge in [-0.3, -0.25) is 9.78 Å². The Morgan fingerprint density at radius 3 is 2.71 bits per heavy atom. The number of hydrogen-bond acceptors (Lipinski definition) is 5. The van der Waals surface area contributed by atoms with Gasteiger partial charge in [-0.1, -0.05) is 12.1 Å². The monoisotopic (exact) mass is 291 g/mol. The molecule has 21 heavy (non-hydrogen) atoms. The predicted octanol–water partition coefficient (Wildman–Crippen LogP) is 3.12. The average Bonchev–Trinajstić information content (AvgIpc) is 2.53. The quantitative estimate of drug-likeness (QED) is 0.680. The van der Waals surface area contributed by atoms with Crippen LogP contribution in [-0.2, 0) is 0 Å². The molecule has 3 aromatic rings. The molecule has 0 spiro atoms. The zero-order valence-corrected chi connectivity index (χ0v) is 11.7. The lowest BCUT2D eigenvalue weighted by Gasteiger charge is -2.00. The molecule has 1 aromatic carbocycles. The molecule has 0 fully saturated rings. The highest BCUT2D eigenvalue weighted by Gasteiger charge is 2.08. The lowest BCUT2D eigenvalue weighted by atomic mass is 10.2. The minimum absolute atomic E-state index is 0.310. The second-order valence-electron chi connectivity index (χ2n) is 4.27. The largest absolute Gasteiger partial charge is 0.279 e. The number of pyridine rings is 1. The van der Waals surface area contributed by atoms with E-state index in [1.54, 1.807) is 42.7 Å². The summed E-state index contributed by atoms with van der Waals surface area (Å²) in [6.07, 6.45) is 5.00. The van der Waals surface area contributed by atoms with Gasteiger partial charge in [-0.2, -0.15) is 10.2 Å². The van der Waals surface area contributed by atoms with E-state index in [1.807, 2.05) is 12.1 Å². The Hall–Kier alpha value is -2.84. The highest BCUT2D eigenvalue weighted by molar-refractivity contribution is 7.19. The summed E-state index contributed by atoms with van der Waals surface area (Å²) < 4.78 is 0.823. The van der Waals surface area contributed by atoms with Crippen molar-refractivity contribution >= 4 is 33.1 Å². The summed E-state index contributed by atoms with van der Waals surface area (Å²) in [5.41, 5.74) is 0.903. The molecule has 0 saturated heterocycles. The first kappa shape index (κ1) is 13.2. The third-order valence-corrected chi connectivity index (χ3v) is 3.98. The average molecular weight is 291 g/mol. The Bertz CT molecular complexity index is 923. The van der Waals surface area contributed by atoms with Gasteiger partial charge in [-0.05, 0) is 35.9 Å². The minimum atomic E-state index is -0.310. The van der Waals surface area contributed by atoms with Crippen molar-refractivity contribution in [3.05, 3.63) is 69.7 Å². The molecule has 0 bridgehead atoms. The molecule has 3 rings (SSSR count). The Morgan fingerprint density at radius 1 is 1.19 bits per heavy atom. The minimum Gasteiger partial charge on any atom is -0.267 e. The third-order valence-electron chi connectivity index (χ3n) is 2.90. The molecule has 2 heterocycles. The lowest BCUT2D eigenvalue weighted by molar-refractivity contribution is 1.28. The van der Waals surface area contributed by atoms with Gasteiger partial charge in [0.25, 0.3) is 5.56 Å². The van der Waals surface area contributed by atoms with Crippen LogP contribution in [0.3, 0.4) is 0 Å². The maximum absolute atomic E-state index is 12.0. The third kappa shape index (κ3) is 2.71. The molecule has 0 amide bonds. The molecule has 5 heteroatoms. The summed E-state index contributed by atoms with van der Waals surface area (Å²) in [7, 11) is 0. The molecule has 0 aliphatic rings. The molecule has 2 aromatic heterocycles. The second-order valence-corrected chi connectivity index (χ2v) is 5.30. The van der Waals surface area contributed by atoms with Crippen LogP contribution in [0.25, 0.3) is 21.7 Å². The summed E-state index contributed by atoms with van der Waals surface area (Å²) in [6.45, 7) is 0. The predicted molar refractivity (Wildman–Crippen MR) is 83.6 cm³/mol. The van der Waals surface area contributed by atoms with E-state index < -0.39 is 0 Å². The van der Waals surface area contributed by atoms with Gasteiger partial charge >= 0.3 is 0 Å². The first-order valence-electron chi connectivity index (χ1n) is 6.20. The van der Waals surface area contributed by atoms with Crippen LogP contribution < -0.4 is 5.56 Å². The van der Waals surface area contributed by atoms with Crippen molar-refractivity contribution in [1.82, 2.24) is 9.97 Å². The van der Waals surface area contributed by atoms with Crippen LogP contribution in [-0.4, -0.2) is 9.97 Å². The number of aromatic nitrogens is 2. The van der Waals surface area contributed by atoms with Gasteiger partial charge in [-0.25, -0.2) is 0 Å². The van der Waals surface area contributed by atoms with E-state index in [2.05, 4.69) is 16.0 Å². The van der Waals surface area contributed by atoms with E-state index in [1.165, 1.54) is 11.3 Å². The molecule has 100 valence electrons. The van der Waals surface area contributed by atoms with Gasteiger partial charge in [0.2, 0.25) is 0 Å². The molecular formula is C16H9N3OS. The maximum atomic E-state index is 12.0. The van der Waals surface area contributed by atoms with Crippen LogP contribution in [0.1, 0.15) is 10.6 Å². The van der Waals surface area contributed by atoms with Crippen molar-refractivity contribution in [3.63, 3.8) is 0 Å². The Balaban J connectivity index is 2.17. The van der Waals surface area contributed by atoms with E-state index in [0.29, 0.717) is 16.0 Å².